The smallest absolute Gasteiger partial charge is 0.255 e. The van der Waals surface area contributed by atoms with Crippen LogP contribution in [0.2, 0.25) is 0 Å². The van der Waals surface area contributed by atoms with E-state index in [-0.39, 0.29) is 18.2 Å². The summed E-state index contributed by atoms with van der Waals surface area (Å²) in [4.78, 5) is 28.7. The van der Waals surface area contributed by atoms with E-state index in [4.69, 9.17) is 4.74 Å². The zero-order chi connectivity index (χ0) is 19.8. The van der Waals surface area contributed by atoms with Gasteiger partial charge in [-0.2, -0.15) is 0 Å². The Morgan fingerprint density at radius 3 is 2.61 bits per heavy atom. The molecule has 0 saturated carbocycles. The molecule has 0 aliphatic rings. The van der Waals surface area contributed by atoms with E-state index in [0.29, 0.717) is 29.2 Å². The highest BCUT2D eigenvalue weighted by Gasteiger charge is 2.10. The van der Waals surface area contributed by atoms with Crippen LogP contribution in [0.5, 0.6) is 5.75 Å². The molecule has 0 spiro atoms. The second kappa shape index (κ2) is 9.32. The summed E-state index contributed by atoms with van der Waals surface area (Å²) < 4.78 is 5.22. The summed E-state index contributed by atoms with van der Waals surface area (Å²) in [6, 6.07) is 19.9. The first-order chi connectivity index (χ1) is 13.7. The first kappa shape index (κ1) is 19.1. The van der Waals surface area contributed by atoms with Crippen LogP contribution < -0.4 is 15.4 Å². The fourth-order valence-corrected chi connectivity index (χ4v) is 2.71. The third kappa shape index (κ3) is 5.17. The van der Waals surface area contributed by atoms with E-state index in [2.05, 4.69) is 15.6 Å². The number of pyridine rings is 1. The maximum atomic E-state index is 12.3. The molecule has 3 rings (SSSR count). The minimum Gasteiger partial charge on any atom is -0.495 e. The molecule has 0 fully saturated rings. The predicted octanol–water partition coefficient (Wildman–Crippen LogP) is 3.20. The van der Waals surface area contributed by atoms with Gasteiger partial charge in [0.1, 0.15) is 5.75 Å². The van der Waals surface area contributed by atoms with Gasteiger partial charge < -0.3 is 15.4 Å². The maximum Gasteiger partial charge on any atom is 0.255 e. The topological polar surface area (TPSA) is 80.3 Å². The number of rotatable bonds is 7. The highest BCUT2D eigenvalue weighted by molar-refractivity contribution is 6.04. The maximum absolute atomic E-state index is 12.3. The summed E-state index contributed by atoms with van der Waals surface area (Å²) >= 11 is 0. The van der Waals surface area contributed by atoms with Gasteiger partial charge in [-0.1, -0.05) is 30.3 Å². The standard InChI is InChI=1S/C22H21N3O3/c1-28-20-11-6-12-23-19(20)14-21(26)24-15-16-7-5-10-18(13-16)25-22(27)17-8-3-2-4-9-17/h2-13H,14-15H2,1H3,(H,24,26)(H,25,27). The minimum absolute atomic E-state index is 0.133. The highest BCUT2D eigenvalue weighted by Crippen LogP contribution is 2.15. The van der Waals surface area contributed by atoms with Crippen molar-refractivity contribution in [2.24, 2.45) is 0 Å². The molecular weight excluding hydrogens is 354 g/mol. The van der Waals surface area contributed by atoms with E-state index in [1.807, 2.05) is 42.5 Å². The lowest BCUT2D eigenvalue weighted by Gasteiger charge is -2.10. The molecule has 6 heteroatoms. The van der Waals surface area contributed by atoms with Gasteiger partial charge in [0.15, 0.2) is 0 Å². The van der Waals surface area contributed by atoms with Gasteiger partial charge >= 0.3 is 0 Å². The molecule has 142 valence electrons. The average Bonchev–Trinajstić information content (AvgIpc) is 2.73. The number of hydrogen-bond acceptors (Lipinski definition) is 4. The van der Waals surface area contributed by atoms with Crippen molar-refractivity contribution in [2.45, 2.75) is 13.0 Å². The summed E-state index contributed by atoms with van der Waals surface area (Å²) in [6.07, 6.45) is 1.76. The van der Waals surface area contributed by atoms with Crippen molar-refractivity contribution in [2.75, 3.05) is 12.4 Å². The molecule has 28 heavy (non-hydrogen) atoms. The summed E-state index contributed by atoms with van der Waals surface area (Å²) in [5.74, 6) is 0.253. The molecular formula is C22H21N3O3. The molecule has 0 aliphatic carbocycles. The van der Waals surface area contributed by atoms with Gasteiger partial charge in [0.2, 0.25) is 5.91 Å². The van der Waals surface area contributed by atoms with Gasteiger partial charge in [-0.25, -0.2) is 0 Å². The Kier molecular flexibility index (Phi) is 6.36. The van der Waals surface area contributed by atoms with Crippen LogP contribution in [0, 0.1) is 0 Å². The Hall–Kier alpha value is -3.67. The van der Waals surface area contributed by atoms with E-state index >= 15 is 0 Å². The summed E-state index contributed by atoms with van der Waals surface area (Å²) in [5.41, 5.74) is 2.73. The Balaban J connectivity index is 1.57. The highest BCUT2D eigenvalue weighted by atomic mass is 16.5. The number of hydrogen-bond donors (Lipinski definition) is 2. The van der Waals surface area contributed by atoms with Gasteiger partial charge in [-0.15, -0.1) is 0 Å². The largest absolute Gasteiger partial charge is 0.495 e. The number of nitrogens with one attached hydrogen (secondary N) is 2. The van der Waals surface area contributed by atoms with Gasteiger partial charge in [-0.05, 0) is 42.0 Å². The Morgan fingerprint density at radius 2 is 1.82 bits per heavy atom. The third-order valence-corrected chi connectivity index (χ3v) is 4.11. The molecule has 3 aromatic rings. The van der Waals surface area contributed by atoms with Crippen molar-refractivity contribution >= 4 is 17.5 Å². The zero-order valence-electron chi connectivity index (χ0n) is 15.5. The Labute approximate surface area is 163 Å². The first-order valence-electron chi connectivity index (χ1n) is 8.85. The van der Waals surface area contributed by atoms with Crippen molar-refractivity contribution < 1.29 is 14.3 Å². The van der Waals surface area contributed by atoms with E-state index in [1.54, 1.807) is 37.6 Å². The van der Waals surface area contributed by atoms with Crippen molar-refractivity contribution in [1.29, 1.82) is 0 Å². The fourth-order valence-electron chi connectivity index (χ4n) is 2.71. The van der Waals surface area contributed by atoms with E-state index in [0.717, 1.165) is 5.56 Å². The second-order valence-corrected chi connectivity index (χ2v) is 6.13. The van der Waals surface area contributed by atoms with Crippen molar-refractivity contribution in [3.63, 3.8) is 0 Å². The molecule has 6 nitrogen and oxygen atoms in total. The Morgan fingerprint density at radius 1 is 1.00 bits per heavy atom. The van der Waals surface area contributed by atoms with Gasteiger partial charge in [0.25, 0.3) is 5.91 Å². The molecule has 0 bridgehead atoms. The second-order valence-electron chi connectivity index (χ2n) is 6.13. The molecule has 0 unspecified atom stereocenters. The van der Waals surface area contributed by atoms with E-state index < -0.39 is 0 Å². The molecule has 0 radical (unpaired) electrons. The van der Waals surface area contributed by atoms with E-state index in [9.17, 15) is 9.59 Å². The summed E-state index contributed by atoms with van der Waals surface area (Å²) in [7, 11) is 1.55. The van der Waals surface area contributed by atoms with Gasteiger partial charge in [0.05, 0.1) is 19.2 Å². The summed E-state index contributed by atoms with van der Waals surface area (Å²) in [6.45, 7) is 0.350. The number of anilines is 1. The molecule has 2 N–H and O–H groups in total. The van der Waals surface area contributed by atoms with Crippen LogP contribution in [-0.2, 0) is 17.8 Å². The van der Waals surface area contributed by atoms with Crippen molar-refractivity contribution in [3.05, 3.63) is 89.7 Å². The fraction of sp³-hybridized carbons (Fsp3) is 0.136. The monoisotopic (exact) mass is 375 g/mol. The number of aromatic nitrogens is 1. The Bertz CT molecular complexity index is 958. The lowest BCUT2D eigenvalue weighted by atomic mass is 10.1. The molecule has 2 aromatic carbocycles. The van der Waals surface area contributed by atoms with Crippen LogP contribution in [0.4, 0.5) is 5.69 Å². The summed E-state index contributed by atoms with van der Waals surface area (Å²) in [5, 5.41) is 5.73. The van der Waals surface area contributed by atoms with Crippen LogP contribution in [0.1, 0.15) is 21.6 Å². The van der Waals surface area contributed by atoms with Crippen molar-refractivity contribution in [3.8, 4) is 5.75 Å². The van der Waals surface area contributed by atoms with E-state index in [1.165, 1.54) is 0 Å². The molecule has 0 atom stereocenters. The number of methoxy groups -OCH3 is 1. The lowest BCUT2D eigenvalue weighted by molar-refractivity contribution is -0.120. The number of benzene rings is 2. The van der Waals surface area contributed by atoms with Crippen LogP contribution >= 0.6 is 0 Å². The molecule has 0 saturated heterocycles. The lowest BCUT2D eigenvalue weighted by Crippen LogP contribution is -2.25. The first-order valence-corrected chi connectivity index (χ1v) is 8.85. The average molecular weight is 375 g/mol. The number of nitrogens with zero attached hydrogens (tertiary/aromatic N) is 1. The molecule has 1 heterocycles. The number of carbonyl (C=O) groups is 2. The van der Waals surface area contributed by atoms with Gasteiger partial charge in [0, 0.05) is 24.0 Å². The third-order valence-electron chi connectivity index (χ3n) is 4.11. The number of amides is 2. The quantitative estimate of drug-likeness (QED) is 0.665. The predicted molar refractivity (Wildman–Crippen MR) is 107 cm³/mol. The number of ether oxygens (including phenoxy) is 1. The normalized spacial score (nSPS) is 10.2. The van der Waals surface area contributed by atoms with Crippen LogP contribution in [0.25, 0.3) is 0 Å². The minimum atomic E-state index is -0.177. The van der Waals surface area contributed by atoms with Crippen molar-refractivity contribution in [1.82, 2.24) is 10.3 Å². The number of carbonyl (C=O) groups excluding carboxylic acids is 2. The zero-order valence-corrected chi connectivity index (χ0v) is 15.5. The van der Waals surface area contributed by atoms with Gasteiger partial charge in [-0.3, -0.25) is 14.6 Å². The van der Waals surface area contributed by atoms with Crippen LogP contribution in [0.15, 0.2) is 72.9 Å². The SMILES string of the molecule is COc1cccnc1CC(=O)NCc1cccc(NC(=O)c2ccccc2)c1. The molecule has 2 amide bonds. The van der Waals surface area contributed by atoms with Crippen LogP contribution in [0.3, 0.4) is 0 Å². The molecule has 1 aromatic heterocycles. The molecule has 0 aliphatic heterocycles. The van der Waals surface area contributed by atoms with Crippen LogP contribution in [-0.4, -0.2) is 23.9 Å².